The summed E-state index contributed by atoms with van der Waals surface area (Å²) in [5.41, 5.74) is 2.02. The van der Waals surface area contributed by atoms with Gasteiger partial charge in [0.1, 0.15) is 11.5 Å². The van der Waals surface area contributed by atoms with E-state index in [0.717, 1.165) is 34.7 Å². The van der Waals surface area contributed by atoms with Crippen LogP contribution in [0.4, 0.5) is 5.69 Å². The first-order chi connectivity index (χ1) is 17.7. The minimum absolute atomic E-state index is 0. The molecule has 1 aliphatic heterocycles. The van der Waals surface area contributed by atoms with Gasteiger partial charge in [0.2, 0.25) is 5.91 Å². The van der Waals surface area contributed by atoms with E-state index in [1.807, 2.05) is 60.7 Å². The third-order valence-corrected chi connectivity index (χ3v) is 7.84. The van der Waals surface area contributed by atoms with E-state index in [9.17, 15) is 4.79 Å². The van der Waals surface area contributed by atoms with Crippen LogP contribution in [0.1, 0.15) is 44.1 Å². The fourth-order valence-electron chi connectivity index (χ4n) is 4.78. The summed E-state index contributed by atoms with van der Waals surface area (Å²) in [5, 5.41) is 4.17. The highest BCUT2D eigenvalue weighted by Crippen LogP contribution is 2.31. The van der Waals surface area contributed by atoms with Gasteiger partial charge >= 0.3 is 0 Å². The predicted octanol–water partition coefficient (Wildman–Crippen LogP) is 7.54. The van der Waals surface area contributed by atoms with E-state index in [2.05, 4.69) is 34.5 Å². The molecule has 7 heteroatoms. The lowest BCUT2D eigenvalue weighted by Gasteiger charge is -2.27. The first kappa shape index (κ1) is 27.1. The lowest BCUT2D eigenvalue weighted by Crippen LogP contribution is -2.37. The van der Waals surface area contributed by atoms with Crippen molar-refractivity contribution in [2.24, 2.45) is 4.99 Å². The number of hydrogen-bond donors (Lipinski definition) is 1. The summed E-state index contributed by atoms with van der Waals surface area (Å²) in [4.78, 5) is 20.5. The molecule has 2 fully saturated rings. The molecule has 1 saturated carbocycles. The lowest BCUT2D eigenvalue weighted by atomic mass is 9.96. The standard InChI is InChI=1S/C30H33N3O2S.ClH/c34-29(31-25-16-18-28(19-17-25)35-27-14-8-3-9-15-27)20-26-22-36-30(32-24-12-6-2-7-13-24)33(26)21-23-10-4-1-5-11-23;/h1,3-5,8-11,14-19,24,26H,2,6-7,12-13,20-22H2,(H,31,34);1H. The maximum atomic E-state index is 13.0. The molecule has 1 amide bonds. The first-order valence-corrected chi connectivity index (χ1v) is 13.9. The molecule has 0 spiro atoms. The van der Waals surface area contributed by atoms with Gasteiger partial charge in [0.05, 0.1) is 6.04 Å². The molecule has 5 nitrogen and oxygen atoms in total. The molecular formula is C30H34ClN3O2S. The van der Waals surface area contributed by atoms with Crippen LogP contribution in [-0.4, -0.2) is 33.8 Å². The topological polar surface area (TPSA) is 53.9 Å². The van der Waals surface area contributed by atoms with E-state index < -0.39 is 0 Å². The molecule has 0 aromatic heterocycles. The fraction of sp³-hybridized carbons (Fsp3) is 0.333. The summed E-state index contributed by atoms with van der Waals surface area (Å²) in [7, 11) is 0. The van der Waals surface area contributed by atoms with Crippen molar-refractivity contribution in [2.45, 2.75) is 57.2 Å². The lowest BCUT2D eigenvalue weighted by molar-refractivity contribution is -0.116. The van der Waals surface area contributed by atoms with E-state index in [1.54, 1.807) is 11.8 Å². The van der Waals surface area contributed by atoms with Gasteiger partial charge in [-0.05, 0) is 54.8 Å². The van der Waals surface area contributed by atoms with Crippen LogP contribution in [0.3, 0.4) is 0 Å². The van der Waals surface area contributed by atoms with Gasteiger partial charge in [0, 0.05) is 30.4 Å². The highest BCUT2D eigenvalue weighted by molar-refractivity contribution is 8.14. The number of nitrogens with one attached hydrogen (secondary N) is 1. The molecule has 1 saturated heterocycles. The summed E-state index contributed by atoms with van der Waals surface area (Å²) in [5.74, 6) is 2.44. The molecule has 1 heterocycles. The smallest absolute Gasteiger partial charge is 0.226 e. The van der Waals surface area contributed by atoms with Crippen LogP contribution in [0.5, 0.6) is 11.5 Å². The Bertz CT molecular complexity index is 1150. The summed E-state index contributed by atoms with van der Waals surface area (Å²) in [6, 6.07) is 28.2. The van der Waals surface area contributed by atoms with Gasteiger partial charge in [-0.2, -0.15) is 0 Å². The number of carbonyl (C=O) groups excluding carboxylic acids is 1. The molecule has 2 aliphatic rings. The molecule has 0 bridgehead atoms. The normalized spacial score (nSPS) is 18.9. The van der Waals surface area contributed by atoms with E-state index in [-0.39, 0.29) is 24.4 Å². The zero-order valence-electron chi connectivity index (χ0n) is 20.9. The van der Waals surface area contributed by atoms with Crippen LogP contribution in [0.15, 0.2) is 89.9 Å². The van der Waals surface area contributed by atoms with E-state index in [0.29, 0.717) is 12.5 Å². The van der Waals surface area contributed by atoms with Gasteiger partial charge in [0.15, 0.2) is 5.17 Å². The Hall–Kier alpha value is -2.96. The summed E-state index contributed by atoms with van der Waals surface area (Å²) in [6.07, 6.45) is 6.66. The number of rotatable bonds is 8. The van der Waals surface area contributed by atoms with E-state index >= 15 is 0 Å². The number of amidine groups is 1. The van der Waals surface area contributed by atoms with Crippen LogP contribution >= 0.6 is 24.2 Å². The Morgan fingerprint density at radius 3 is 2.24 bits per heavy atom. The van der Waals surface area contributed by atoms with Crippen molar-refractivity contribution in [1.29, 1.82) is 0 Å². The first-order valence-electron chi connectivity index (χ1n) is 12.9. The predicted molar refractivity (Wildman–Crippen MR) is 156 cm³/mol. The van der Waals surface area contributed by atoms with Crippen LogP contribution < -0.4 is 10.1 Å². The van der Waals surface area contributed by atoms with Crippen molar-refractivity contribution in [2.75, 3.05) is 11.1 Å². The molecule has 194 valence electrons. The van der Waals surface area contributed by atoms with E-state index in [4.69, 9.17) is 9.73 Å². The minimum atomic E-state index is 0. The zero-order valence-corrected chi connectivity index (χ0v) is 22.6. The maximum absolute atomic E-state index is 13.0. The number of halogens is 1. The molecule has 1 unspecified atom stereocenters. The van der Waals surface area contributed by atoms with Crippen LogP contribution in [0, 0.1) is 0 Å². The number of thioether (sulfide) groups is 1. The SMILES string of the molecule is Cl.O=C(CC1CSC(=NC2CCCCC2)N1Cc1ccccc1)Nc1ccc(Oc2ccccc2)cc1. The van der Waals surface area contributed by atoms with E-state index in [1.165, 1.54) is 37.7 Å². The molecule has 37 heavy (non-hydrogen) atoms. The molecule has 5 rings (SSSR count). The van der Waals surface area contributed by atoms with Crippen LogP contribution in [0.2, 0.25) is 0 Å². The number of carbonyl (C=O) groups is 1. The van der Waals surface area contributed by atoms with Crippen LogP contribution in [-0.2, 0) is 11.3 Å². The van der Waals surface area contributed by atoms with Gasteiger partial charge in [-0.25, -0.2) is 0 Å². The van der Waals surface area contributed by atoms with Gasteiger partial charge in [-0.15, -0.1) is 12.4 Å². The number of hydrogen-bond acceptors (Lipinski definition) is 4. The summed E-state index contributed by atoms with van der Waals surface area (Å²) >= 11 is 1.80. The van der Waals surface area contributed by atoms with Gasteiger partial charge in [-0.1, -0.05) is 79.6 Å². The monoisotopic (exact) mass is 535 g/mol. The Morgan fingerprint density at radius 2 is 1.54 bits per heavy atom. The number of aliphatic imine (C=N–C) groups is 1. The molecule has 1 atom stereocenters. The third kappa shape index (κ3) is 7.76. The number of amides is 1. The van der Waals surface area contributed by atoms with Gasteiger partial charge in [0.25, 0.3) is 0 Å². The highest BCUT2D eigenvalue weighted by atomic mass is 35.5. The number of nitrogens with zero attached hydrogens (tertiary/aromatic N) is 2. The fourth-order valence-corrected chi connectivity index (χ4v) is 6.02. The van der Waals surface area contributed by atoms with Crippen LogP contribution in [0.25, 0.3) is 0 Å². The second kappa shape index (κ2) is 13.5. The molecule has 3 aromatic rings. The quantitative estimate of drug-likeness (QED) is 0.324. The molecule has 1 aliphatic carbocycles. The van der Waals surface area contributed by atoms with Crippen molar-refractivity contribution >= 4 is 40.9 Å². The van der Waals surface area contributed by atoms with Crippen molar-refractivity contribution in [3.63, 3.8) is 0 Å². The van der Waals surface area contributed by atoms with Gasteiger partial charge < -0.3 is 15.0 Å². The maximum Gasteiger partial charge on any atom is 0.226 e. The Morgan fingerprint density at radius 1 is 0.892 bits per heavy atom. The number of benzene rings is 3. The average Bonchev–Trinajstić information content (AvgIpc) is 3.27. The summed E-state index contributed by atoms with van der Waals surface area (Å²) in [6.45, 7) is 0.781. The Labute approximate surface area is 230 Å². The minimum Gasteiger partial charge on any atom is -0.457 e. The third-order valence-electron chi connectivity index (χ3n) is 6.69. The van der Waals surface area contributed by atoms with Crippen molar-refractivity contribution in [1.82, 2.24) is 4.90 Å². The largest absolute Gasteiger partial charge is 0.457 e. The molecular weight excluding hydrogens is 502 g/mol. The Balaban J connectivity index is 0.00000320. The van der Waals surface area contributed by atoms with Gasteiger partial charge in [-0.3, -0.25) is 9.79 Å². The highest BCUT2D eigenvalue weighted by Gasteiger charge is 2.32. The number of ether oxygens (including phenoxy) is 1. The summed E-state index contributed by atoms with van der Waals surface area (Å²) < 4.78 is 5.86. The van der Waals surface area contributed by atoms with Crippen molar-refractivity contribution in [3.05, 3.63) is 90.5 Å². The van der Waals surface area contributed by atoms with Crippen molar-refractivity contribution < 1.29 is 9.53 Å². The zero-order chi connectivity index (χ0) is 24.6. The molecule has 1 N–H and O–H groups in total. The number of para-hydroxylation sites is 1. The second-order valence-electron chi connectivity index (χ2n) is 9.47. The second-order valence-corrected chi connectivity index (χ2v) is 10.5. The average molecular weight is 536 g/mol. The Kier molecular flexibility index (Phi) is 9.92. The molecule has 0 radical (unpaired) electrons. The number of anilines is 1. The van der Waals surface area contributed by atoms with Crippen molar-refractivity contribution in [3.8, 4) is 11.5 Å². The molecule has 3 aromatic carbocycles.